The average molecular weight is 373 g/mol. The molecule has 4 rings (SSSR count). The second kappa shape index (κ2) is 8.53. The molecule has 0 radical (unpaired) electrons. The van der Waals surface area contributed by atoms with E-state index in [4.69, 9.17) is 0 Å². The highest BCUT2D eigenvalue weighted by atomic mass is 16.2. The largest absolute Gasteiger partial charge is 0.273 e. The van der Waals surface area contributed by atoms with Crippen LogP contribution in [-0.2, 0) is 9.59 Å². The topological polar surface area (TPSA) is 82.9 Å². The lowest BCUT2D eigenvalue weighted by Gasteiger charge is -2.11. The molecule has 6 nitrogen and oxygen atoms in total. The lowest BCUT2D eigenvalue weighted by atomic mass is 9.99. The summed E-state index contributed by atoms with van der Waals surface area (Å²) >= 11 is 0. The Bertz CT molecular complexity index is 588. The Balaban J connectivity index is 1.04. The lowest BCUT2D eigenvalue weighted by molar-refractivity contribution is -0.121. The molecule has 4 saturated carbocycles. The minimum absolute atomic E-state index is 0.00240. The van der Waals surface area contributed by atoms with E-state index in [0.717, 1.165) is 43.9 Å². The van der Waals surface area contributed by atoms with Crippen molar-refractivity contribution in [2.45, 2.75) is 83.5 Å². The molecule has 4 unspecified atom stereocenters. The summed E-state index contributed by atoms with van der Waals surface area (Å²) in [7, 11) is 0. The van der Waals surface area contributed by atoms with E-state index in [2.05, 4.69) is 21.1 Å². The Kier molecular flexibility index (Phi) is 5.89. The van der Waals surface area contributed by atoms with Crippen LogP contribution in [0, 0.1) is 23.7 Å². The number of hydrazone groups is 2. The summed E-state index contributed by atoms with van der Waals surface area (Å²) in [4.78, 5) is 23.8. The van der Waals surface area contributed by atoms with Crippen molar-refractivity contribution in [2.24, 2.45) is 33.9 Å². The Morgan fingerprint density at radius 3 is 1.59 bits per heavy atom. The van der Waals surface area contributed by atoms with Gasteiger partial charge in [0.05, 0.1) is 0 Å². The molecule has 27 heavy (non-hydrogen) atoms. The van der Waals surface area contributed by atoms with Gasteiger partial charge in [-0.2, -0.15) is 10.2 Å². The van der Waals surface area contributed by atoms with Gasteiger partial charge in [-0.05, 0) is 87.9 Å². The van der Waals surface area contributed by atoms with E-state index in [9.17, 15) is 9.59 Å². The molecule has 4 aliphatic rings. The van der Waals surface area contributed by atoms with Gasteiger partial charge in [0.25, 0.3) is 0 Å². The van der Waals surface area contributed by atoms with Crippen molar-refractivity contribution >= 4 is 23.2 Å². The molecular formula is C21H32N4O2. The fourth-order valence-electron chi connectivity index (χ4n) is 5.45. The van der Waals surface area contributed by atoms with E-state index in [1.807, 2.05) is 0 Å². The van der Waals surface area contributed by atoms with Gasteiger partial charge in [-0.15, -0.1) is 0 Å². The lowest BCUT2D eigenvalue weighted by Crippen LogP contribution is -2.22. The molecule has 4 atom stereocenters. The first-order chi connectivity index (χ1) is 13.2. The Hall–Kier alpha value is -1.72. The maximum absolute atomic E-state index is 11.9. The Morgan fingerprint density at radius 2 is 1.22 bits per heavy atom. The van der Waals surface area contributed by atoms with E-state index >= 15 is 0 Å². The molecule has 0 heterocycles. The zero-order chi connectivity index (χ0) is 18.6. The predicted octanol–water partition coefficient (Wildman–Crippen LogP) is 3.52. The van der Waals surface area contributed by atoms with Crippen LogP contribution in [0.25, 0.3) is 0 Å². The Morgan fingerprint density at radius 1 is 0.741 bits per heavy atom. The summed E-state index contributed by atoms with van der Waals surface area (Å²) in [5.74, 6) is 2.86. The maximum atomic E-state index is 11.9. The highest BCUT2D eigenvalue weighted by molar-refractivity contribution is 5.91. The van der Waals surface area contributed by atoms with Crippen LogP contribution in [0.3, 0.4) is 0 Å². The first-order valence-electron chi connectivity index (χ1n) is 10.9. The van der Waals surface area contributed by atoms with Crippen molar-refractivity contribution in [3.05, 3.63) is 0 Å². The van der Waals surface area contributed by atoms with Crippen LogP contribution in [0.4, 0.5) is 0 Å². The van der Waals surface area contributed by atoms with Gasteiger partial charge < -0.3 is 0 Å². The third-order valence-corrected chi connectivity index (χ3v) is 6.98. The summed E-state index contributed by atoms with van der Waals surface area (Å²) in [6.45, 7) is 0. The number of rotatable bonds is 8. The standard InChI is InChI=1S/C21H32N4O2/c26-20(24-22-18-12-14-6-8-16(18)10-14)4-2-1-3-5-21(27)25-23-19-13-15-7-9-17(19)11-15/h14-17H,1-13H2,(H,24,26)(H,25,27)/b22-18+,23-19+. The van der Waals surface area contributed by atoms with E-state index in [1.165, 1.54) is 49.9 Å². The minimum atomic E-state index is -0.00240. The number of unbranched alkanes of at least 4 members (excludes halogenated alkanes) is 2. The quantitative estimate of drug-likeness (QED) is 0.505. The zero-order valence-corrected chi connectivity index (χ0v) is 16.2. The fourth-order valence-corrected chi connectivity index (χ4v) is 5.45. The molecule has 0 aromatic rings. The molecule has 6 heteroatoms. The minimum Gasteiger partial charge on any atom is -0.273 e. The van der Waals surface area contributed by atoms with Crippen LogP contribution in [0.15, 0.2) is 10.2 Å². The van der Waals surface area contributed by atoms with E-state index < -0.39 is 0 Å². The van der Waals surface area contributed by atoms with Crippen molar-refractivity contribution in [3.8, 4) is 0 Å². The van der Waals surface area contributed by atoms with Crippen molar-refractivity contribution in [3.63, 3.8) is 0 Å². The van der Waals surface area contributed by atoms with Crippen LogP contribution in [0.1, 0.15) is 83.5 Å². The number of carbonyl (C=O) groups is 2. The summed E-state index contributed by atoms with van der Waals surface area (Å²) in [6.07, 6.45) is 13.3. The fraction of sp³-hybridized carbons (Fsp3) is 0.810. The summed E-state index contributed by atoms with van der Waals surface area (Å²) in [5, 5.41) is 8.70. The average Bonchev–Trinajstić information content (AvgIpc) is 3.45. The number of carbonyl (C=O) groups excluding carboxylic acids is 2. The molecule has 0 aromatic heterocycles. The monoisotopic (exact) mass is 372 g/mol. The third kappa shape index (κ3) is 4.77. The van der Waals surface area contributed by atoms with Gasteiger partial charge in [0.1, 0.15) is 0 Å². The second-order valence-electron chi connectivity index (χ2n) is 9.00. The van der Waals surface area contributed by atoms with Crippen molar-refractivity contribution in [2.75, 3.05) is 0 Å². The van der Waals surface area contributed by atoms with Crippen LogP contribution in [0.5, 0.6) is 0 Å². The van der Waals surface area contributed by atoms with Gasteiger partial charge in [0, 0.05) is 24.3 Å². The molecule has 4 bridgehead atoms. The maximum Gasteiger partial charge on any atom is 0.240 e. The molecule has 4 fully saturated rings. The summed E-state index contributed by atoms with van der Waals surface area (Å²) in [5.41, 5.74) is 7.86. The van der Waals surface area contributed by atoms with Crippen molar-refractivity contribution in [1.82, 2.24) is 10.9 Å². The molecule has 0 aliphatic heterocycles. The molecule has 2 amide bonds. The molecule has 0 aromatic carbocycles. The number of amides is 2. The van der Waals surface area contributed by atoms with Crippen LogP contribution in [-0.4, -0.2) is 23.2 Å². The summed E-state index contributed by atoms with van der Waals surface area (Å²) < 4.78 is 0. The highest BCUT2D eigenvalue weighted by Gasteiger charge is 2.37. The molecule has 0 saturated heterocycles. The number of nitrogens with one attached hydrogen (secondary N) is 2. The van der Waals surface area contributed by atoms with Gasteiger partial charge in [0.15, 0.2) is 0 Å². The Labute approximate surface area is 161 Å². The second-order valence-corrected chi connectivity index (χ2v) is 9.00. The highest BCUT2D eigenvalue weighted by Crippen LogP contribution is 2.43. The summed E-state index contributed by atoms with van der Waals surface area (Å²) in [6, 6.07) is 0. The first kappa shape index (κ1) is 18.6. The van der Waals surface area contributed by atoms with E-state index in [0.29, 0.717) is 24.7 Å². The van der Waals surface area contributed by atoms with Crippen molar-refractivity contribution in [1.29, 1.82) is 0 Å². The molecule has 4 aliphatic carbocycles. The first-order valence-corrected chi connectivity index (χ1v) is 10.9. The van der Waals surface area contributed by atoms with Crippen molar-refractivity contribution < 1.29 is 9.59 Å². The van der Waals surface area contributed by atoms with Gasteiger partial charge in [-0.1, -0.05) is 6.42 Å². The molecule has 0 spiro atoms. The molecule has 148 valence electrons. The van der Waals surface area contributed by atoms with Gasteiger partial charge in [0.2, 0.25) is 11.8 Å². The third-order valence-electron chi connectivity index (χ3n) is 6.98. The van der Waals surface area contributed by atoms with E-state index in [1.54, 1.807) is 0 Å². The smallest absolute Gasteiger partial charge is 0.240 e. The van der Waals surface area contributed by atoms with Crippen LogP contribution in [0.2, 0.25) is 0 Å². The molecular weight excluding hydrogens is 340 g/mol. The van der Waals surface area contributed by atoms with E-state index in [-0.39, 0.29) is 11.8 Å². The number of hydrogen-bond acceptors (Lipinski definition) is 4. The zero-order valence-electron chi connectivity index (χ0n) is 16.2. The SMILES string of the molecule is O=C(CCCCCC(=O)N/N=C1\CC2CCC1C2)N/N=C1\CC2CCC1C2. The van der Waals surface area contributed by atoms with Gasteiger partial charge in [-0.25, -0.2) is 10.9 Å². The van der Waals surface area contributed by atoms with Gasteiger partial charge in [-0.3, -0.25) is 9.59 Å². The predicted molar refractivity (Wildman–Crippen MR) is 105 cm³/mol. The van der Waals surface area contributed by atoms with Gasteiger partial charge >= 0.3 is 0 Å². The molecule has 2 N–H and O–H groups in total. The van der Waals surface area contributed by atoms with Crippen LogP contribution < -0.4 is 10.9 Å². The number of hydrogen-bond donors (Lipinski definition) is 2. The van der Waals surface area contributed by atoms with Crippen LogP contribution >= 0.6 is 0 Å². The number of nitrogens with zero attached hydrogens (tertiary/aromatic N) is 2. The number of fused-ring (bicyclic) bond motifs is 4. The normalized spacial score (nSPS) is 33.9.